The molecule has 0 aliphatic heterocycles. The van der Waals surface area contributed by atoms with Crippen LogP contribution in [0.25, 0.3) is 0 Å². The van der Waals surface area contributed by atoms with E-state index in [1.165, 1.54) is 0 Å². The molecule has 0 aliphatic rings. The van der Waals surface area contributed by atoms with Gasteiger partial charge in [-0.25, -0.2) is 0 Å². The molecule has 1 rings (SSSR count). The summed E-state index contributed by atoms with van der Waals surface area (Å²) in [7, 11) is 0. The quantitative estimate of drug-likeness (QED) is 0.723. The Morgan fingerprint density at radius 1 is 1.29 bits per heavy atom. The summed E-state index contributed by atoms with van der Waals surface area (Å²) >= 11 is 6.25. The molecule has 0 aromatic heterocycles. The number of ether oxygens (including phenoxy) is 1. The van der Waals surface area contributed by atoms with Crippen molar-refractivity contribution in [3.8, 4) is 5.75 Å². The lowest BCUT2D eigenvalue weighted by Gasteiger charge is -2.25. The van der Waals surface area contributed by atoms with Crippen LogP contribution in [0.4, 0.5) is 0 Å². The van der Waals surface area contributed by atoms with Crippen LogP contribution in [0.2, 0.25) is 5.02 Å². The van der Waals surface area contributed by atoms with E-state index in [1.807, 2.05) is 32.0 Å². The molecule has 0 bridgehead atoms. The molecule has 1 aromatic rings. The summed E-state index contributed by atoms with van der Waals surface area (Å²) in [4.78, 5) is 0. The maximum absolute atomic E-state index is 10.2. The van der Waals surface area contributed by atoms with E-state index in [9.17, 15) is 5.11 Å². The molecule has 2 N–H and O–H groups in total. The van der Waals surface area contributed by atoms with Crippen molar-refractivity contribution in [3.63, 3.8) is 0 Å². The fourth-order valence-corrected chi connectivity index (χ4v) is 2.20. The Labute approximate surface area is 133 Å². The maximum Gasteiger partial charge on any atom is 0.138 e. The van der Waals surface area contributed by atoms with Gasteiger partial charge in [-0.15, -0.1) is 0 Å². The molecule has 21 heavy (non-hydrogen) atoms. The van der Waals surface area contributed by atoms with E-state index < -0.39 is 5.60 Å². The number of hydrogen-bond acceptors (Lipinski definition) is 3. The Hall–Kier alpha value is -0.770. The number of nitrogens with one attached hydrogen (secondary N) is 1. The predicted octanol–water partition coefficient (Wildman–Crippen LogP) is 4.02. The Balaban J connectivity index is 2.58. The second kappa shape index (κ2) is 8.62. The van der Waals surface area contributed by atoms with Gasteiger partial charge in [-0.1, -0.05) is 45.4 Å². The van der Waals surface area contributed by atoms with Crippen LogP contribution in [-0.2, 0) is 6.54 Å². The first-order valence-electron chi connectivity index (χ1n) is 7.74. The van der Waals surface area contributed by atoms with Crippen molar-refractivity contribution in [3.05, 3.63) is 28.8 Å². The fourth-order valence-electron chi connectivity index (χ4n) is 1.94. The minimum absolute atomic E-state index is 0.269. The minimum Gasteiger partial charge on any atom is -0.489 e. The van der Waals surface area contributed by atoms with Crippen molar-refractivity contribution in [2.45, 2.75) is 52.7 Å². The molecule has 0 fully saturated rings. The molecule has 0 atom stereocenters. The van der Waals surface area contributed by atoms with Crippen molar-refractivity contribution in [2.75, 3.05) is 13.2 Å². The van der Waals surface area contributed by atoms with E-state index >= 15 is 0 Å². The van der Waals surface area contributed by atoms with Crippen molar-refractivity contribution in [2.24, 2.45) is 5.92 Å². The first kappa shape index (κ1) is 18.3. The summed E-state index contributed by atoms with van der Waals surface area (Å²) in [5.74, 6) is 1.26. The average Bonchev–Trinajstić information content (AvgIpc) is 2.45. The van der Waals surface area contributed by atoms with Crippen LogP contribution in [0.3, 0.4) is 0 Å². The fraction of sp³-hybridized carbons (Fsp3) is 0.647. The van der Waals surface area contributed by atoms with Gasteiger partial charge in [0, 0.05) is 6.54 Å². The SMILES string of the molecule is CCC(O)(CC)COc1ccc(CNCC(C)C)cc1Cl. The van der Waals surface area contributed by atoms with Gasteiger partial charge in [-0.05, 0) is 43.0 Å². The standard InChI is InChI=1S/C17H28ClNO2/c1-5-17(20,6-2)12-21-16-8-7-14(9-15(16)18)11-19-10-13(3)4/h7-9,13,19-20H,5-6,10-12H2,1-4H3. The lowest BCUT2D eigenvalue weighted by atomic mass is 9.99. The summed E-state index contributed by atoms with van der Waals surface area (Å²) < 4.78 is 5.68. The molecule has 1 aromatic carbocycles. The third kappa shape index (κ3) is 6.25. The molecule has 120 valence electrons. The Morgan fingerprint density at radius 3 is 2.48 bits per heavy atom. The van der Waals surface area contributed by atoms with Crippen LogP contribution in [0.5, 0.6) is 5.75 Å². The normalized spacial score (nSPS) is 12.0. The van der Waals surface area contributed by atoms with E-state index in [4.69, 9.17) is 16.3 Å². The molecule has 0 saturated carbocycles. The molecule has 4 heteroatoms. The van der Waals surface area contributed by atoms with Crippen LogP contribution in [0, 0.1) is 5.92 Å². The largest absolute Gasteiger partial charge is 0.489 e. The van der Waals surface area contributed by atoms with E-state index in [-0.39, 0.29) is 6.61 Å². The molecule has 3 nitrogen and oxygen atoms in total. The third-order valence-corrected chi connectivity index (χ3v) is 3.99. The Morgan fingerprint density at radius 2 is 1.95 bits per heavy atom. The average molecular weight is 314 g/mol. The third-order valence-electron chi connectivity index (χ3n) is 3.69. The maximum atomic E-state index is 10.2. The van der Waals surface area contributed by atoms with Gasteiger partial charge < -0.3 is 15.2 Å². The van der Waals surface area contributed by atoms with Crippen molar-refractivity contribution < 1.29 is 9.84 Å². The lowest BCUT2D eigenvalue weighted by molar-refractivity contribution is -0.0113. The molecule has 0 saturated heterocycles. The number of hydrogen-bond donors (Lipinski definition) is 2. The summed E-state index contributed by atoms with van der Waals surface area (Å²) in [6.07, 6.45) is 1.33. The number of halogens is 1. The van der Waals surface area contributed by atoms with E-state index in [0.29, 0.717) is 29.5 Å². The van der Waals surface area contributed by atoms with Gasteiger partial charge in [0.1, 0.15) is 12.4 Å². The monoisotopic (exact) mass is 313 g/mol. The zero-order valence-electron chi connectivity index (χ0n) is 13.6. The Bertz CT molecular complexity index is 431. The van der Waals surface area contributed by atoms with Gasteiger partial charge in [-0.2, -0.15) is 0 Å². The van der Waals surface area contributed by atoms with Crippen LogP contribution < -0.4 is 10.1 Å². The van der Waals surface area contributed by atoms with Crippen LogP contribution in [0.15, 0.2) is 18.2 Å². The van der Waals surface area contributed by atoms with Crippen LogP contribution >= 0.6 is 11.6 Å². The van der Waals surface area contributed by atoms with Crippen molar-refractivity contribution in [1.29, 1.82) is 0 Å². The highest BCUT2D eigenvalue weighted by atomic mass is 35.5. The molecule has 0 amide bonds. The van der Waals surface area contributed by atoms with Gasteiger partial charge >= 0.3 is 0 Å². The summed E-state index contributed by atoms with van der Waals surface area (Å²) in [6.45, 7) is 10.3. The predicted molar refractivity (Wildman–Crippen MR) is 89.0 cm³/mol. The summed E-state index contributed by atoms with van der Waals surface area (Å²) in [5, 5.41) is 14.2. The lowest BCUT2D eigenvalue weighted by Crippen LogP contribution is -2.34. The highest BCUT2D eigenvalue weighted by Gasteiger charge is 2.23. The first-order valence-corrected chi connectivity index (χ1v) is 8.12. The van der Waals surface area contributed by atoms with E-state index in [2.05, 4.69) is 19.2 Å². The zero-order chi connectivity index (χ0) is 15.9. The van der Waals surface area contributed by atoms with Gasteiger partial charge in [0.05, 0.1) is 10.6 Å². The number of benzene rings is 1. The highest BCUT2D eigenvalue weighted by molar-refractivity contribution is 6.32. The molecule has 0 unspecified atom stereocenters. The Kier molecular flexibility index (Phi) is 7.50. The topological polar surface area (TPSA) is 41.5 Å². The number of rotatable bonds is 9. The minimum atomic E-state index is -0.777. The van der Waals surface area contributed by atoms with Gasteiger partial charge in [0.2, 0.25) is 0 Å². The number of aliphatic hydroxyl groups is 1. The van der Waals surface area contributed by atoms with Gasteiger partial charge in [0.15, 0.2) is 0 Å². The first-order chi connectivity index (χ1) is 9.90. The second-order valence-corrected chi connectivity index (χ2v) is 6.42. The van der Waals surface area contributed by atoms with Gasteiger partial charge in [-0.3, -0.25) is 0 Å². The zero-order valence-corrected chi connectivity index (χ0v) is 14.3. The molecular formula is C17H28ClNO2. The van der Waals surface area contributed by atoms with Crippen LogP contribution in [0.1, 0.15) is 46.1 Å². The van der Waals surface area contributed by atoms with Gasteiger partial charge in [0.25, 0.3) is 0 Å². The molecule has 0 heterocycles. The summed E-state index contributed by atoms with van der Waals surface area (Å²) in [5.41, 5.74) is 0.357. The summed E-state index contributed by atoms with van der Waals surface area (Å²) in [6, 6.07) is 5.80. The van der Waals surface area contributed by atoms with Crippen molar-refractivity contribution in [1.82, 2.24) is 5.32 Å². The second-order valence-electron chi connectivity index (χ2n) is 6.01. The molecule has 0 spiro atoms. The molecular weight excluding hydrogens is 286 g/mol. The van der Waals surface area contributed by atoms with E-state index in [1.54, 1.807) is 0 Å². The van der Waals surface area contributed by atoms with E-state index in [0.717, 1.165) is 18.7 Å². The van der Waals surface area contributed by atoms with Crippen molar-refractivity contribution >= 4 is 11.6 Å². The highest BCUT2D eigenvalue weighted by Crippen LogP contribution is 2.27. The smallest absolute Gasteiger partial charge is 0.138 e. The molecule has 0 radical (unpaired) electrons. The molecule has 0 aliphatic carbocycles. The van der Waals surface area contributed by atoms with Crippen LogP contribution in [-0.4, -0.2) is 23.9 Å².